The molecule has 0 spiro atoms. The molecule has 0 aliphatic carbocycles. The van der Waals surface area contributed by atoms with E-state index in [1.807, 2.05) is 20.1 Å². The van der Waals surface area contributed by atoms with Crippen molar-refractivity contribution in [3.63, 3.8) is 0 Å². The number of nitrogens with two attached hydrogens (primary N) is 1. The minimum absolute atomic E-state index is 0.0506. The molecule has 31 heavy (non-hydrogen) atoms. The van der Waals surface area contributed by atoms with Crippen LogP contribution in [0.3, 0.4) is 0 Å². The lowest BCUT2D eigenvalue weighted by atomic mass is 10.0. The van der Waals surface area contributed by atoms with Gasteiger partial charge in [-0.3, -0.25) is 14.4 Å². The van der Waals surface area contributed by atoms with Crippen molar-refractivity contribution in [3.05, 3.63) is 0 Å². The Kier molecular flexibility index (Phi) is 13.4. The fourth-order valence-corrected chi connectivity index (χ4v) is 3.21. The van der Waals surface area contributed by atoms with E-state index in [4.69, 9.17) is 5.73 Å². The van der Waals surface area contributed by atoms with Gasteiger partial charge in [0.1, 0.15) is 24.2 Å². The number of nitrogens with one attached hydrogen (secondary N) is 3. The average Bonchev–Trinajstić information content (AvgIpc) is 2.66. The maximum Gasteiger partial charge on any atom is 0.326 e. The van der Waals surface area contributed by atoms with Gasteiger partial charge in [-0.1, -0.05) is 27.7 Å². The highest BCUT2D eigenvalue weighted by Gasteiger charge is 2.31. The largest absolute Gasteiger partial charge is 0.480 e. The van der Waals surface area contributed by atoms with E-state index in [9.17, 15) is 29.4 Å². The third-order valence-corrected chi connectivity index (χ3v) is 5.28. The van der Waals surface area contributed by atoms with Crippen LogP contribution in [0.2, 0.25) is 0 Å². The van der Waals surface area contributed by atoms with Crippen LogP contribution in [0.4, 0.5) is 0 Å². The molecule has 0 heterocycles. The molecule has 0 aromatic heterocycles. The predicted molar refractivity (Wildman–Crippen MR) is 120 cm³/mol. The molecule has 0 rings (SSSR count). The first-order valence-electron chi connectivity index (χ1n) is 10.4. The topological polar surface area (TPSA) is 171 Å². The van der Waals surface area contributed by atoms with Gasteiger partial charge in [-0.25, -0.2) is 4.79 Å². The monoisotopic (exact) mass is 462 g/mol. The van der Waals surface area contributed by atoms with Crippen LogP contribution in [0.25, 0.3) is 0 Å². The van der Waals surface area contributed by atoms with Crippen molar-refractivity contribution in [2.24, 2.45) is 17.6 Å². The minimum Gasteiger partial charge on any atom is -0.480 e. The Bertz CT molecular complexity index is 614. The summed E-state index contributed by atoms with van der Waals surface area (Å²) in [4.78, 5) is 49.3. The van der Waals surface area contributed by atoms with E-state index >= 15 is 0 Å². The van der Waals surface area contributed by atoms with Crippen LogP contribution in [0, 0.1) is 11.8 Å². The normalized spacial score (nSPS) is 16.2. The zero-order valence-corrected chi connectivity index (χ0v) is 20.0. The lowest BCUT2D eigenvalue weighted by Crippen LogP contribution is -2.58. The predicted octanol–water partition coefficient (Wildman–Crippen LogP) is -0.311. The fraction of sp³-hybridized carbons (Fsp3) is 0.800. The average molecular weight is 463 g/mol. The number of carbonyl (C=O) groups excluding carboxylic acids is 3. The Hall–Kier alpha value is -1.85. The third-order valence-electron chi connectivity index (χ3n) is 4.64. The first-order valence-corrected chi connectivity index (χ1v) is 11.8. The number of aliphatic carboxylic acids is 1. The molecule has 0 aromatic rings. The van der Waals surface area contributed by atoms with Crippen LogP contribution >= 0.6 is 11.8 Å². The molecule has 5 atom stereocenters. The molecule has 0 radical (unpaired) electrons. The molecular formula is C20H38N4O6S. The van der Waals surface area contributed by atoms with Gasteiger partial charge in [0.15, 0.2) is 0 Å². The molecule has 0 bridgehead atoms. The van der Waals surface area contributed by atoms with Crippen molar-refractivity contribution < 1.29 is 29.4 Å². The van der Waals surface area contributed by atoms with Crippen LogP contribution in [0.5, 0.6) is 0 Å². The highest BCUT2D eigenvalue weighted by molar-refractivity contribution is 7.98. The molecule has 0 aliphatic rings. The summed E-state index contributed by atoms with van der Waals surface area (Å²) in [6.07, 6.45) is 1.35. The summed E-state index contributed by atoms with van der Waals surface area (Å²) in [7, 11) is 0. The molecule has 0 saturated carbocycles. The molecule has 0 saturated heterocycles. The molecule has 7 N–H and O–H groups in total. The summed E-state index contributed by atoms with van der Waals surface area (Å²) < 4.78 is 0. The molecule has 0 aliphatic heterocycles. The highest BCUT2D eigenvalue weighted by Crippen LogP contribution is 2.09. The van der Waals surface area contributed by atoms with Gasteiger partial charge in [0.25, 0.3) is 0 Å². The molecule has 11 heteroatoms. The van der Waals surface area contributed by atoms with Crippen LogP contribution in [-0.2, 0) is 19.2 Å². The number of carboxylic acid groups (broad SMARTS) is 1. The highest BCUT2D eigenvalue weighted by atomic mass is 32.2. The molecule has 3 amide bonds. The maximum atomic E-state index is 12.9. The second-order valence-corrected chi connectivity index (χ2v) is 9.35. The van der Waals surface area contributed by atoms with E-state index < -0.39 is 54.0 Å². The molecular weight excluding hydrogens is 424 g/mol. The Labute approximate surface area is 188 Å². The molecule has 5 unspecified atom stereocenters. The van der Waals surface area contributed by atoms with Gasteiger partial charge in [-0.2, -0.15) is 11.8 Å². The summed E-state index contributed by atoms with van der Waals surface area (Å²) in [5, 5.41) is 26.5. The summed E-state index contributed by atoms with van der Waals surface area (Å²) in [5.41, 5.74) is 5.65. The first-order chi connectivity index (χ1) is 14.3. The molecule has 180 valence electrons. The number of rotatable bonds is 14. The molecule has 0 fully saturated rings. The van der Waals surface area contributed by atoms with E-state index in [1.54, 1.807) is 13.8 Å². The first kappa shape index (κ1) is 29.1. The van der Waals surface area contributed by atoms with E-state index in [0.29, 0.717) is 18.6 Å². The fourth-order valence-electron chi connectivity index (χ4n) is 2.73. The Balaban J connectivity index is 5.46. The Morgan fingerprint density at radius 3 is 1.84 bits per heavy atom. The van der Waals surface area contributed by atoms with Gasteiger partial charge < -0.3 is 31.9 Å². The second kappa shape index (κ2) is 14.3. The van der Waals surface area contributed by atoms with Crippen molar-refractivity contribution in [2.75, 3.05) is 12.0 Å². The van der Waals surface area contributed by atoms with Crippen LogP contribution < -0.4 is 21.7 Å². The van der Waals surface area contributed by atoms with Gasteiger partial charge in [0.2, 0.25) is 17.7 Å². The number of aliphatic hydroxyl groups excluding tert-OH is 1. The Morgan fingerprint density at radius 1 is 0.903 bits per heavy atom. The molecule has 0 aromatic carbocycles. The van der Waals surface area contributed by atoms with E-state index in [-0.39, 0.29) is 11.8 Å². The standard InChI is InChI=1S/C20H38N4O6S/c1-10(2)9-14(23-19(28)15(21)12(5)25)18(27)22-13(7-8-31-6)17(26)24-16(11(3)4)20(29)30/h10-16,25H,7-9,21H2,1-6H3,(H,22,27)(H,23,28)(H,24,26)(H,29,30). The van der Waals surface area contributed by atoms with Crippen molar-refractivity contribution >= 4 is 35.5 Å². The summed E-state index contributed by atoms with van der Waals surface area (Å²) in [6.45, 7) is 8.47. The number of hydrogen-bond acceptors (Lipinski definition) is 7. The maximum absolute atomic E-state index is 12.9. The number of thioether (sulfide) groups is 1. The third kappa shape index (κ3) is 10.8. The minimum atomic E-state index is -1.19. The summed E-state index contributed by atoms with van der Waals surface area (Å²) in [6, 6.07) is -4.20. The zero-order valence-electron chi connectivity index (χ0n) is 19.2. The summed E-state index contributed by atoms with van der Waals surface area (Å²) in [5.74, 6) is -2.73. The van der Waals surface area contributed by atoms with Gasteiger partial charge >= 0.3 is 5.97 Å². The quantitative estimate of drug-likeness (QED) is 0.204. The smallest absolute Gasteiger partial charge is 0.326 e. The second-order valence-electron chi connectivity index (χ2n) is 8.37. The van der Waals surface area contributed by atoms with Gasteiger partial charge in [0.05, 0.1) is 6.10 Å². The van der Waals surface area contributed by atoms with Gasteiger partial charge in [-0.05, 0) is 43.6 Å². The zero-order chi connectivity index (χ0) is 24.3. The van der Waals surface area contributed by atoms with Crippen LogP contribution in [0.15, 0.2) is 0 Å². The Morgan fingerprint density at radius 2 is 1.42 bits per heavy atom. The lowest BCUT2D eigenvalue weighted by molar-refractivity contribution is -0.143. The number of carboxylic acids is 1. The lowest BCUT2D eigenvalue weighted by Gasteiger charge is -2.27. The van der Waals surface area contributed by atoms with Crippen molar-refractivity contribution in [1.29, 1.82) is 0 Å². The van der Waals surface area contributed by atoms with E-state index in [2.05, 4.69) is 16.0 Å². The van der Waals surface area contributed by atoms with Gasteiger partial charge in [-0.15, -0.1) is 0 Å². The number of amides is 3. The summed E-state index contributed by atoms with van der Waals surface area (Å²) >= 11 is 1.48. The van der Waals surface area contributed by atoms with E-state index in [1.165, 1.54) is 18.7 Å². The molecule has 10 nitrogen and oxygen atoms in total. The van der Waals surface area contributed by atoms with Crippen molar-refractivity contribution in [1.82, 2.24) is 16.0 Å². The number of hydrogen-bond donors (Lipinski definition) is 6. The number of aliphatic hydroxyl groups is 1. The van der Waals surface area contributed by atoms with Crippen molar-refractivity contribution in [3.8, 4) is 0 Å². The van der Waals surface area contributed by atoms with E-state index in [0.717, 1.165) is 0 Å². The van der Waals surface area contributed by atoms with Gasteiger partial charge in [0, 0.05) is 0 Å². The van der Waals surface area contributed by atoms with Crippen LogP contribution in [-0.4, -0.2) is 76.2 Å². The number of carbonyl (C=O) groups is 4. The SMILES string of the molecule is CSCCC(NC(=O)C(CC(C)C)NC(=O)C(N)C(C)O)C(=O)NC(C(=O)O)C(C)C. The van der Waals surface area contributed by atoms with Crippen LogP contribution in [0.1, 0.15) is 47.5 Å². The van der Waals surface area contributed by atoms with Crippen molar-refractivity contribution in [2.45, 2.75) is 77.7 Å².